The van der Waals surface area contributed by atoms with Crippen LogP contribution in [0, 0.1) is 5.92 Å². The molecule has 132 valence electrons. The number of ether oxygens (including phenoxy) is 1. The molecule has 0 atom stereocenters. The van der Waals surface area contributed by atoms with Gasteiger partial charge in [-0.05, 0) is 37.3 Å². The zero-order valence-electron chi connectivity index (χ0n) is 12.9. The lowest BCUT2D eigenvalue weighted by molar-refractivity contribution is -0.142. The molecule has 7 nitrogen and oxygen atoms in total. The van der Waals surface area contributed by atoms with Crippen molar-refractivity contribution in [3.63, 3.8) is 0 Å². The van der Waals surface area contributed by atoms with E-state index in [2.05, 4.69) is 20.4 Å². The topological polar surface area (TPSA) is 101 Å². The van der Waals surface area contributed by atoms with E-state index in [1.165, 1.54) is 12.3 Å². The molecule has 0 spiro atoms. The second-order valence-corrected chi connectivity index (χ2v) is 5.59. The Hall–Kier alpha value is -2.45. The highest BCUT2D eigenvalue weighted by molar-refractivity contribution is 5.74. The molecule has 0 aromatic carbocycles. The third-order valence-electron chi connectivity index (χ3n) is 3.87. The van der Waals surface area contributed by atoms with E-state index in [9.17, 15) is 18.4 Å². The number of alkyl halides is 2. The van der Waals surface area contributed by atoms with Gasteiger partial charge in [0.05, 0.1) is 5.92 Å². The van der Waals surface area contributed by atoms with Crippen molar-refractivity contribution < 1.29 is 28.2 Å². The van der Waals surface area contributed by atoms with Crippen LogP contribution >= 0.6 is 0 Å². The minimum atomic E-state index is -2.95. The molecule has 3 N–H and O–H groups in total. The van der Waals surface area contributed by atoms with Crippen molar-refractivity contribution in [3.05, 3.63) is 23.9 Å². The molecule has 0 bridgehead atoms. The Bertz CT molecular complexity index is 578. The average Bonchev–Trinajstić information content (AvgIpc) is 2.53. The molecular weight excluding hydrogens is 324 g/mol. The lowest BCUT2D eigenvalue weighted by Crippen LogP contribution is -2.43. The molecule has 0 saturated heterocycles. The van der Waals surface area contributed by atoms with Crippen LogP contribution in [0.1, 0.15) is 31.2 Å². The predicted octanol–water partition coefficient (Wildman–Crippen LogP) is 2.13. The average molecular weight is 343 g/mol. The number of pyridine rings is 1. The fourth-order valence-electron chi connectivity index (χ4n) is 2.62. The van der Waals surface area contributed by atoms with Gasteiger partial charge in [0.2, 0.25) is 5.88 Å². The SMILES string of the molecule is O=C(NCc1ccnc(OC(F)F)c1)NC1CCC(C(=O)O)CC1. The first kappa shape index (κ1) is 17.9. The number of hydrogen-bond donors (Lipinski definition) is 3. The molecule has 1 saturated carbocycles. The summed E-state index contributed by atoms with van der Waals surface area (Å²) in [5.74, 6) is -1.34. The third kappa shape index (κ3) is 5.64. The molecule has 0 radical (unpaired) electrons. The molecule has 1 aliphatic carbocycles. The van der Waals surface area contributed by atoms with Gasteiger partial charge >= 0.3 is 18.6 Å². The van der Waals surface area contributed by atoms with Crippen LogP contribution in [0.15, 0.2) is 18.3 Å². The smallest absolute Gasteiger partial charge is 0.388 e. The van der Waals surface area contributed by atoms with E-state index < -0.39 is 12.6 Å². The first-order chi connectivity index (χ1) is 11.4. The van der Waals surface area contributed by atoms with Gasteiger partial charge in [-0.15, -0.1) is 0 Å². The van der Waals surface area contributed by atoms with E-state index in [1.807, 2.05) is 0 Å². The highest BCUT2D eigenvalue weighted by Crippen LogP contribution is 2.24. The predicted molar refractivity (Wildman–Crippen MR) is 79.6 cm³/mol. The van der Waals surface area contributed by atoms with Crippen molar-refractivity contribution in [2.24, 2.45) is 5.92 Å². The van der Waals surface area contributed by atoms with Crippen LogP contribution in [0.5, 0.6) is 5.88 Å². The van der Waals surface area contributed by atoms with Crippen LogP contribution < -0.4 is 15.4 Å². The molecule has 2 amide bonds. The van der Waals surface area contributed by atoms with Crippen LogP contribution in [-0.4, -0.2) is 34.7 Å². The Morgan fingerprint density at radius 3 is 2.67 bits per heavy atom. The minimum Gasteiger partial charge on any atom is -0.481 e. The van der Waals surface area contributed by atoms with Gasteiger partial charge in [0.1, 0.15) is 0 Å². The minimum absolute atomic E-state index is 0.0595. The summed E-state index contributed by atoms with van der Waals surface area (Å²) in [7, 11) is 0. The second-order valence-electron chi connectivity index (χ2n) is 5.59. The number of aromatic nitrogens is 1. The highest BCUT2D eigenvalue weighted by Gasteiger charge is 2.26. The molecular formula is C15H19F2N3O4. The largest absolute Gasteiger partial charge is 0.481 e. The lowest BCUT2D eigenvalue weighted by atomic mass is 9.86. The quantitative estimate of drug-likeness (QED) is 0.735. The molecule has 1 heterocycles. The Morgan fingerprint density at radius 2 is 2.04 bits per heavy atom. The Morgan fingerprint density at radius 1 is 1.33 bits per heavy atom. The van der Waals surface area contributed by atoms with E-state index in [0.29, 0.717) is 31.2 Å². The maximum Gasteiger partial charge on any atom is 0.388 e. The summed E-state index contributed by atoms with van der Waals surface area (Å²) >= 11 is 0. The number of amides is 2. The number of aliphatic carboxylic acids is 1. The number of carboxylic acid groups (broad SMARTS) is 1. The monoisotopic (exact) mass is 343 g/mol. The number of hydrogen-bond acceptors (Lipinski definition) is 4. The number of nitrogens with one attached hydrogen (secondary N) is 2. The molecule has 1 aliphatic rings. The fraction of sp³-hybridized carbons (Fsp3) is 0.533. The molecule has 0 aliphatic heterocycles. The van der Waals surface area contributed by atoms with Crippen molar-refractivity contribution in [2.45, 2.75) is 44.9 Å². The molecule has 24 heavy (non-hydrogen) atoms. The Kier molecular flexibility index (Phi) is 6.28. The summed E-state index contributed by atoms with van der Waals surface area (Å²) in [6.45, 7) is -2.82. The molecule has 2 rings (SSSR count). The zero-order valence-corrected chi connectivity index (χ0v) is 12.9. The summed E-state index contributed by atoms with van der Waals surface area (Å²) in [4.78, 5) is 26.4. The van der Waals surface area contributed by atoms with Crippen LogP contribution in [-0.2, 0) is 11.3 Å². The number of rotatable bonds is 6. The highest BCUT2D eigenvalue weighted by atomic mass is 19.3. The van der Waals surface area contributed by atoms with Crippen molar-refractivity contribution in [1.82, 2.24) is 15.6 Å². The fourth-order valence-corrected chi connectivity index (χ4v) is 2.62. The number of carboxylic acids is 1. The van der Waals surface area contributed by atoms with Crippen LogP contribution in [0.4, 0.5) is 13.6 Å². The summed E-state index contributed by atoms with van der Waals surface area (Å²) in [5.41, 5.74) is 0.574. The number of urea groups is 1. The van der Waals surface area contributed by atoms with Crippen molar-refractivity contribution >= 4 is 12.0 Å². The van der Waals surface area contributed by atoms with Gasteiger partial charge < -0.3 is 20.5 Å². The summed E-state index contributed by atoms with van der Waals surface area (Å²) in [6.07, 6.45) is 3.63. The van der Waals surface area contributed by atoms with E-state index >= 15 is 0 Å². The van der Waals surface area contributed by atoms with E-state index in [1.54, 1.807) is 6.07 Å². The summed E-state index contributed by atoms with van der Waals surface area (Å²) in [5, 5.41) is 14.3. The number of nitrogens with zero attached hydrogens (tertiary/aromatic N) is 1. The zero-order chi connectivity index (χ0) is 17.5. The van der Waals surface area contributed by atoms with Gasteiger partial charge in [0, 0.05) is 24.8 Å². The van der Waals surface area contributed by atoms with E-state index in [4.69, 9.17) is 5.11 Å². The molecule has 1 fully saturated rings. The van der Waals surface area contributed by atoms with Gasteiger partial charge in [-0.2, -0.15) is 8.78 Å². The van der Waals surface area contributed by atoms with Gasteiger partial charge in [-0.3, -0.25) is 4.79 Å². The van der Waals surface area contributed by atoms with Gasteiger partial charge in [0.25, 0.3) is 0 Å². The van der Waals surface area contributed by atoms with Gasteiger partial charge in [0.15, 0.2) is 0 Å². The van der Waals surface area contributed by atoms with Crippen molar-refractivity contribution in [3.8, 4) is 5.88 Å². The molecule has 0 unspecified atom stereocenters. The maximum atomic E-state index is 12.1. The third-order valence-corrected chi connectivity index (χ3v) is 3.87. The van der Waals surface area contributed by atoms with E-state index in [0.717, 1.165) is 0 Å². The first-order valence-corrected chi connectivity index (χ1v) is 7.61. The lowest BCUT2D eigenvalue weighted by Gasteiger charge is -2.26. The summed E-state index contributed by atoms with van der Waals surface area (Å²) < 4.78 is 28.4. The molecule has 1 aromatic rings. The van der Waals surface area contributed by atoms with Gasteiger partial charge in [-0.1, -0.05) is 0 Å². The molecule has 9 heteroatoms. The standard InChI is InChI=1S/C15H19F2N3O4/c16-14(17)24-12-7-9(5-6-18-12)8-19-15(23)20-11-3-1-10(2-4-11)13(21)22/h5-7,10-11,14H,1-4,8H2,(H,21,22)(H2,19,20,23). The first-order valence-electron chi connectivity index (χ1n) is 7.61. The molecule has 1 aromatic heterocycles. The normalized spacial score (nSPS) is 20.5. The number of halogens is 2. The Labute approximate surface area is 137 Å². The maximum absolute atomic E-state index is 12.1. The van der Waals surface area contributed by atoms with Crippen LogP contribution in [0.25, 0.3) is 0 Å². The van der Waals surface area contributed by atoms with Crippen molar-refractivity contribution in [1.29, 1.82) is 0 Å². The van der Waals surface area contributed by atoms with Crippen LogP contribution in [0.3, 0.4) is 0 Å². The van der Waals surface area contributed by atoms with Gasteiger partial charge in [-0.25, -0.2) is 9.78 Å². The number of carbonyl (C=O) groups excluding carboxylic acids is 1. The summed E-state index contributed by atoms with van der Waals surface area (Å²) in [6, 6.07) is 2.46. The van der Waals surface area contributed by atoms with E-state index in [-0.39, 0.29) is 30.4 Å². The van der Waals surface area contributed by atoms with Crippen molar-refractivity contribution in [2.75, 3.05) is 0 Å². The van der Waals surface area contributed by atoms with Crippen LogP contribution in [0.2, 0.25) is 0 Å². The number of carbonyl (C=O) groups is 2. The Balaban J connectivity index is 1.74. The second kappa shape index (κ2) is 8.42.